The van der Waals surface area contributed by atoms with Gasteiger partial charge in [0.15, 0.2) is 0 Å². The van der Waals surface area contributed by atoms with Gasteiger partial charge in [0, 0.05) is 18.5 Å². The zero-order valence-corrected chi connectivity index (χ0v) is 11.1. The molecule has 0 aliphatic carbocycles. The monoisotopic (exact) mass is 267 g/mol. The summed E-state index contributed by atoms with van der Waals surface area (Å²) in [6.45, 7) is 3.96. The number of benzene rings is 1. The summed E-state index contributed by atoms with van der Waals surface area (Å²) < 4.78 is 13.2. The van der Waals surface area contributed by atoms with Crippen molar-refractivity contribution in [2.75, 3.05) is 6.54 Å². The van der Waals surface area contributed by atoms with Crippen molar-refractivity contribution in [3.63, 3.8) is 0 Å². The molecule has 1 aromatic carbocycles. The van der Waals surface area contributed by atoms with Crippen LogP contribution in [-0.4, -0.2) is 23.5 Å². The van der Waals surface area contributed by atoms with E-state index in [1.807, 2.05) is 6.92 Å². The van der Waals surface area contributed by atoms with Crippen LogP contribution in [0.5, 0.6) is 0 Å². The number of hydrogen-bond acceptors (Lipinski definition) is 2. The standard InChI is InChI=1S/C14H18FNO3/c1-9(3-4-13(17)18)8-16-14(19)11-5-10(2)6-12(15)7-11/h5-7,9H,3-4,8H2,1-2H3,(H,16,19)(H,17,18). The lowest BCUT2D eigenvalue weighted by atomic mass is 10.1. The van der Waals surface area contributed by atoms with Gasteiger partial charge in [-0.3, -0.25) is 9.59 Å². The predicted molar refractivity (Wildman–Crippen MR) is 69.5 cm³/mol. The number of hydrogen-bond donors (Lipinski definition) is 2. The van der Waals surface area contributed by atoms with Gasteiger partial charge in [-0.15, -0.1) is 0 Å². The van der Waals surface area contributed by atoms with Crippen LogP contribution in [0.2, 0.25) is 0 Å². The molecule has 0 radical (unpaired) electrons. The van der Waals surface area contributed by atoms with E-state index in [1.165, 1.54) is 12.1 Å². The number of nitrogens with one attached hydrogen (secondary N) is 1. The zero-order chi connectivity index (χ0) is 14.4. The highest BCUT2D eigenvalue weighted by atomic mass is 19.1. The maximum absolute atomic E-state index is 13.2. The third-order valence-electron chi connectivity index (χ3n) is 2.77. The van der Waals surface area contributed by atoms with E-state index in [-0.39, 0.29) is 23.8 Å². The second kappa shape index (κ2) is 6.87. The van der Waals surface area contributed by atoms with Crippen LogP contribution in [0.1, 0.15) is 35.7 Å². The molecule has 2 N–H and O–H groups in total. The molecule has 0 aromatic heterocycles. The van der Waals surface area contributed by atoms with E-state index in [9.17, 15) is 14.0 Å². The summed E-state index contributed by atoms with van der Waals surface area (Å²) in [6.07, 6.45) is 0.577. The fourth-order valence-electron chi connectivity index (χ4n) is 1.71. The number of carbonyl (C=O) groups excluding carboxylic acids is 1. The van der Waals surface area contributed by atoms with Gasteiger partial charge in [0.25, 0.3) is 5.91 Å². The smallest absolute Gasteiger partial charge is 0.303 e. The van der Waals surface area contributed by atoms with Crippen molar-refractivity contribution in [3.05, 3.63) is 35.1 Å². The Balaban J connectivity index is 2.48. The summed E-state index contributed by atoms with van der Waals surface area (Å²) in [5.41, 5.74) is 0.965. The van der Waals surface area contributed by atoms with Crippen LogP contribution in [0.3, 0.4) is 0 Å². The van der Waals surface area contributed by atoms with Gasteiger partial charge in [-0.05, 0) is 43.0 Å². The first-order chi connectivity index (χ1) is 8.88. The van der Waals surface area contributed by atoms with Crippen molar-refractivity contribution >= 4 is 11.9 Å². The van der Waals surface area contributed by atoms with Gasteiger partial charge in [0.2, 0.25) is 0 Å². The molecule has 1 aromatic rings. The van der Waals surface area contributed by atoms with Crippen molar-refractivity contribution in [2.24, 2.45) is 5.92 Å². The van der Waals surface area contributed by atoms with Crippen LogP contribution < -0.4 is 5.32 Å². The van der Waals surface area contributed by atoms with Crippen LogP contribution in [0, 0.1) is 18.7 Å². The third-order valence-corrected chi connectivity index (χ3v) is 2.77. The molecule has 0 fully saturated rings. The molecule has 1 rings (SSSR count). The molecule has 0 saturated heterocycles. The number of carbonyl (C=O) groups is 2. The van der Waals surface area contributed by atoms with Crippen LogP contribution >= 0.6 is 0 Å². The molecule has 5 heteroatoms. The second-order valence-electron chi connectivity index (χ2n) is 4.76. The summed E-state index contributed by atoms with van der Waals surface area (Å²) >= 11 is 0. The number of rotatable bonds is 6. The van der Waals surface area contributed by atoms with Crippen LogP contribution in [0.15, 0.2) is 18.2 Å². The molecule has 0 aliphatic rings. The summed E-state index contributed by atoms with van der Waals surface area (Å²) in [5, 5.41) is 11.2. The fraction of sp³-hybridized carbons (Fsp3) is 0.429. The Morgan fingerprint density at radius 1 is 1.37 bits per heavy atom. The largest absolute Gasteiger partial charge is 0.481 e. The third kappa shape index (κ3) is 5.50. The van der Waals surface area contributed by atoms with Gasteiger partial charge < -0.3 is 10.4 Å². The molecule has 0 bridgehead atoms. The summed E-state index contributed by atoms with van der Waals surface area (Å²) in [6, 6.07) is 4.15. The number of carboxylic acids is 1. The van der Waals surface area contributed by atoms with Crippen molar-refractivity contribution in [3.8, 4) is 0 Å². The van der Waals surface area contributed by atoms with Crippen molar-refractivity contribution in [2.45, 2.75) is 26.7 Å². The lowest BCUT2D eigenvalue weighted by Gasteiger charge is -2.11. The Kier molecular flexibility index (Phi) is 5.48. The van der Waals surface area contributed by atoms with E-state index in [4.69, 9.17) is 5.11 Å². The van der Waals surface area contributed by atoms with E-state index in [0.717, 1.165) is 0 Å². The van der Waals surface area contributed by atoms with Gasteiger partial charge in [0.1, 0.15) is 5.82 Å². The minimum Gasteiger partial charge on any atom is -0.481 e. The molecular formula is C14H18FNO3. The number of aliphatic carboxylic acids is 1. The second-order valence-corrected chi connectivity index (χ2v) is 4.76. The summed E-state index contributed by atoms with van der Waals surface area (Å²) in [4.78, 5) is 22.2. The molecule has 0 aliphatic heterocycles. The molecule has 0 spiro atoms. The minimum atomic E-state index is -0.848. The van der Waals surface area contributed by atoms with E-state index >= 15 is 0 Å². The van der Waals surface area contributed by atoms with E-state index in [1.54, 1.807) is 13.0 Å². The normalized spacial score (nSPS) is 11.9. The lowest BCUT2D eigenvalue weighted by Crippen LogP contribution is -2.28. The summed E-state index contributed by atoms with van der Waals surface area (Å²) in [5.74, 6) is -1.57. The number of amides is 1. The van der Waals surface area contributed by atoms with E-state index in [0.29, 0.717) is 18.5 Å². The highest BCUT2D eigenvalue weighted by Gasteiger charge is 2.10. The van der Waals surface area contributed by atoms with Crippen LogP contribution in [0.4, 0.5) is 4.39 Å². The maximum atomic E-state index is 13.2. The molecule has 1 amide bonds. The fourth-order valence-corrected chi connectivity index (χ4v) is 1.71. The van der Waals surface area contributed by atoms with Gasteiger partial charge in [-0.2, -0.15) is 0 Å². The molecule has 1 atom stereocenters. The van der Waals surface area contributed by atoms with Gasteiger partial charge in [0.05, 0.1) is 0 Å². The van der Waals surface area contributed by atoms with E-state index in [2.05, 4.69) is 5.32 Å². The molecule has 4 nitrogen and oxygen atoms in total. The first-order valence-corrected chi connectivity index (χ1v) is 6.15. The Labute approximate surface area is 111 Å². The SMILES string of the molecule is Cc1cc(F)cc(C(=O)NCC(C)CCC(=O)O)c1. The van der Waals surface area contributed by atoms with Crippen LogP contribution in [-0.2, 0) is 4.79 Å². The Morgan fingerprint density at radius 2 is 2.05 bits per heavy atom. The molecule has 19 heavy (non-hydrogen) atoms. The average Bonchev–Trinajstić information content (AvgIpc) is 2.32. The molecule has 1 unspecified atom stereocenters. The first-order valence-electron chi connectivity index (χ1n) is 6.15. The molecule has 0 heterocycles. The Bertz CT molecular complexity index is 454. The van der Waals surface area contributed by atoms with Gasteiger partial charge >= 0.3 is 5.97 Å². The van der Waals surface area contributed by atoms with Crippen molar-refractivity contribution in [1.29, 1.82) is 0 Å². The van der Waals surface area contributed by atoms with E-state index < -0.39 is 11.8 Å². The van der Waals surface area contributed by atoms with Crippen molar-refractivity contribution in [1.82, 2.24) is 5.32 Å². The molecule has 0 saturated carbocycles. The topological polar surface area (TPSA) is 66.4 Å². The van der Waals surface area contributed by atoms with Gasteiger partial charge in [-0.1, -0.05) is 6.92 Å². The zero-order valence-electron chi connectivity index (χ0n) is 11.1. The molecular weight excluding hydrogens is 249 g/mol. The maximum Gasteiger partial charge on any atom is 0.303 e. The first kappa shape index (κ1) is 15.1. The number of halogens is 1. The highest BCUT2D eigenvalue weighted by Crippen LogP contribution is 2.09. The van der Waals surface area contributed by atoms with Crippen molar-refractivity contribution < 1.29 is 19.1 Å². The average molecular weight is 267 g/mol. The Morgan fingerprint density at radius 3 is 2.63 bits per heavy atom. The quantitative estimate of drug-likeness (QED) is 0.831. The Hall–Kier alpha value is -1.91. The van der Waals surface area contributed by atoms with Crippen LogP contribution in [0.25, 0.3) is 0 Å². The lowest BCUT2D eigenvalue weighted by molar-refractivity contribution is -0.137. The number of aryl methyl sites for hydroxylation is 1. The summed E-state index contributed by atoms with van der Waals surface area (Å²) in [7, 11) is 0. The highest BCUT2D eigenvalue weighted by molar-refractivity contribution is 5.94. The van der Waals surface area contributed by atoms with Gasteiger partial charge in [-0.25, -0.2) is 4.39 Å². The number of carboxylic acid groups (broad SMARTS) is 1. The predicted octanol–water partition coefficient (Wildman–Crippen LogP) is 2.36. The molecule has 104 valence electrons. The minimum absolute atomic E-state index is 0.0645.